The lowest BCUT2D eigenvalue weighted by Crippen LogP contribution is -2.47. The molecular formula is C15H20N2O3. The van der Waals surface area contributed by atoms with Gasteiger partial charge in [-0.25, -0.2) is 9.59 Å². The van der Waals surface area contributed by atoms with Crippen molar-refractivity contribution in [2.24, 2.45) is 5.92 Å². The molecule has 1 fully saturated rings. The zero-order chi connectivity index (χ0) is 14.4. The summed E-state index contributed by atoms with van der Waals surface area (Å²) in [6.07, 6.45) is 3.75. The van der Waals surface area contributed by atoms with Gasteiger partial charge in [0.15, 0.2) is 0 Å². The van der Waals surface area contributed by atoms with Gasteiger partial charge >= 0.3 is 12.0 Å². The molecule has 1 aromatic carbocycles. The van der Waals surface area contributed by atoms with Gasteiger partial charge in [-0.1, -0.05) is 43.2 Å². The van der Waals surface area contributed by atoms with Gasteiger partial charge in [-0.3, -0.25) is 0 Å². The number of carbonyl (C=O) groups excluding carboxylic acids is 1. The zero-order valence-corrected chi connectivity index (χ0v) is 11.3. The number of rotatable bonds is 7. The van der Waals surface area contributed by atoms with Crippen LogP contribution in [0, 0.1) is 5.92 Å². The van der Waals surface area contributed by atoms with Gasteiger partial charge in [0, 0.05) is 13.0 Å². The van der Waals surface area contributed by atoms with Crippen molar-refractivity contribution >= 4 is 12.0 Å². The van der Waals surface area contributed by atoms with Gasteiger partial charge in [-0.05, 0) is 17.9 Å². The number of aliphatic carboxylic acids is 1. The molecule has 0 saturated heterocycles. The van der Waals surface area contributed by atoms with E-state index >= 15 is 0 Å². The molecule has 0 unspecified atom stereocenters. The Morgan fingerprint density at radius 3 is 2.55 bits per heavy atom. The van der Waals surface area contributed by atoms with E-state index in [9.17, 15) is 9.59 Å². The molecule has 1 aromatic rings. The van der Waals surface area contributed by atoms with Crippen molar-refractivity contribution < 1.29 is 14.7 Å². The third-order valence-corrected chi connectivity index (χ3v) is 3.42. The number of carboxylic acids is 1. The number of urea groups is 1. The summed E-state index contributed by atoms with van der Waals surface area (Å²) >= 11 is 0. The van der Waals surface area contributed by atoms with E-state index in [1.54, 1.807) is 0 Å². The second kappa shape index (κ2) is 6.93. The van der Waals surface area contributed by atoms with Crippen molar-refractivity contribution in [2.45, 2.75) is 31.7 Å². The first-order chi connectivity index (χ1) is 9.65. The molecule has 5 nitrogen and oxygen atoms in total. The Morgan fingerprint density at radius 2 is 1.95 bits per heavy atom. The van der Waals surface area contributed by atoms with E-state index in [1.165, 1.54) is 12.8 Å². The molecule has 2 rings (SSSR count). The lowest BCUT2D eigenvalue weighted by atomic mass is 10.1. The Hall–Kier alpha value is -2.04. The number of carboxylic acid groups (broad SMARTS) is 1. The SMILES string of the molecule is O=C(NCCC1CC1)N[C@@H](Cc1ccccc1)C(=O)O. The van der Waals surface area contributed by atoms with Gasteiger partial charge in [-0.2, -0.15) is 0 Å². The smallest absolute Gasteiger partial charge is 0.326 e. The number of hydrogen-bond donors (Lipinski definition) is 3. The Labute approximate surface area is 118 Å². The lowest BCUT2D eigenvalue weighted by molar-refractivity contribution is -0.139. The summed E-state index contributed by atoms with van der Waals surface area (Å²) in [5.41, 5.74) is 0.887. The molecule has 1 aliphatic carbocycles. The average Bonchev–Trinajstić information content (AvgIpc) is 3.23. The van der Waals surface area contributed by atoms with Crippen LogP contribution in [0.2, 0.25) is 0 Å². The van der Waals surface area contributed by atoms with Crippen LogP contribution >= 0.6 is 0 Å². The highest BCUT2D eigenvalue weighted by molar-refractivity contribution is 5.82. The first-order valence-corrected chi connectivity index (χ1v) is 6.96. The molecule has 0 aliphatic heterocycles. The van der Waals surface area contributed by atoms with E-state index in [1.807, 2.05) is 30.3 Å². The molecule has 2 amide bonds. The normalized spacial score (nSPS) is 15.4. The molecule has 5 heteroatoms. The van der Waals surface area contributed by atoms with Crippen molar-refractivity contribution in [3.8, 4) is 0 Å². The Morgan fingerprint density at radius 1 is 1.25 bits per heavy atom. The van der Waals surface area contributed by atoms with E-state index in [0.29, 0.717) is 6.54 Å². The highest BCUT2D eigenvalue weighted by Gasteiger charge is 2.22. The van der Waals surface area contributed by atoms with Crippen LogP contribution in [-0.2, 0) is 11.2 Å². The molecule has 108 valence electrons. The highest BCUT2D eigenvalue weighted by atomic mass is 16.4. The largest absolute Gasteiger partial charge is 0.480 e. The number of benzene rings is 1. The second-order valence-corrected chi connectivity index (χ2v) is 5.21. The van der Waals surface area contributed by atoms with Crippen LogP contribution in [0.25, 0.3) is 0 Å². The fourth-order valence-corrected chi connectivity index (χ4v) is 2.06. The van der Waals surface area contributed by atoms with E-state index in [2.05, 4.69) is 10.6 Å². The molecule has 3 N–H and O–H groups in total. The van der Waals surface area contributed by atoms with Crippen molar-refractivity contribution in [1.82, 2.24) is 10.6 Å². The molecule has 0 heterocycles. The predicted octanol–water partition coefficient (Wildman–Crippen LogP) is 1.78. The van der Waals surface area contributed by atoms with Crippen LogP contribution in [0.3, 0.4) is 0 Å². The zero-order valence-electron chi connectivity index (χ0n) is 11.3. The van der Waals surface area contributed by atoms with Crippen LogP contribution < -0.4 is 10.6 Å². The highest BCUT2D eigenvalue weighted by Crippen LogP contribution is 2.31. The fraction of sp³-hybridized carbons (Fsp3) is 0.467. The Bertz CT molecular complexity index is 457. The van der Waals surface area contributed by atoms with Gasteiger partial charge in [-0.15, -0.1) is 0 Å². The topological polar surface area (TPSA) is 78.4 Å². The molecule has 20 heavy (non-hydrogen) atoms. The maximum atomic E-state index is 11.7. The van der Waals surface area contributed by atoms with Gasteiger partial charge in [0.1, 0.15) is 6.04 Å². The van der Waals surface area contributed by atoms with Gasteiger partial charge in [0.2, 0.25) is 0 Å². The maximum absolute atomic E-state index is 11.7. The van der Waals surface area contributed by atoms with E-state index < -0.39 is 18.0 Å². The molecule has 0 radical (unpaired) electrons. The van der Waals surface area contributed by atoms with Crippen LogP contribution in [0.15, 0.2) is 30.3 Å². The van der Waals surface area contributed by atoms with Crippen molar-refractivity contribution in [3.05, 3.63) is 35.9 Å². The maximum Gasteiger partial charge on any atom is 0.326 e. The summed E-state index contributed by atoms with van der Waals surface area (Å²) < 4.78 is 0. The first kappa shape index (κ1) is 14.4. The second-order valence-electron chi connectivity index (χ2n) is 5.21. The summed E-state index contributed by atoms with van der Waals surface area (Å²) in [5.74, 6) is -0.277. The Kier molecular flexibility index (Phi) is 4.98. The Balaban J connectivity index is 1.78. The summed E-state index contributed by atoms with van der Waals surface area (Å²) in [6, 6.07) is 7.96. The lowest BCUT2D eigenvalue weighted by Gasteiger charge is -2.15. The van der Waals surface area contributed by atoms with Gasteiger partial charge in [0.25, 0.3) is 0 Å². The van der Waals surface area contributed by atoms with Crippen LogP contribution in [-0.4, -0.2) is 29.7 Å². The molecule has 1 aliphatic rings. The first-order valence-electron chi connectivity index (χ1n) is 6.96. The van der Waals surface area contributed by atoms with E-state index in [4.69, 9.17) is 5.11 Å². The van der Waals surface area contributed by atoms with Gasteiger partial charge in [0.05, 0.1) is 0 Å². The fourth-order valence-electron chi connectivity index (χ4n) is 2.06. The molecule has 1 atom stereocenters. The molecule has 1 saturated carbocycles. The van der Waals surface area contributed by atoms with Crippen LogP contribution in [0.1, 0.15) is 24.8 Å². The molecule has 0 bridgehead atoms. The minimum absolute atomic E-state index is 0.284. The minimum atomic E-state index is -1.02. The van der Waals surface area contributed by atoms with Gasteiger partial charge < -0.3 is 15.7 Å². The predicted molar refractivity (Wildman–Crippen MR) is 75.4 cm³/mol. The number of hydrogen-bond acceptors (Lipinski definition) is 2. The van der Waals surface area contributed by atoms with Crippen molar-refractivity contribution in [1.29, 1.82) is 0 Å². The summed E-state index contributed by atoms with van der Waals surface area (Å²) in [5, 5.41) is 14.4. The molecule has 0 spiro atoms. The minimum Gasteiger partial charge on any atom is -0.480 e. The van der Waals surface area contributed by atoms with Crippen molar-refractivity contribution in [2.75, 3.05) is 6.54 Å². The number of nitrogens with one attached hydrogen (secondary N) is 2. The molecular weight excluding hydrogens is 256 g/mol. The number of amides is 2. The monoisotopic (exact) mass is 276 g/mol. The third kappa shape index (κ3) is 4.91. The standard InChI is InChI=1S/C15H20N2O3/c18-14(19)13(10-12-4-2-1-3-5-12)17-15(20)16-9-8-11-6-7-11/h1-5,11,13H,6-10H2,(H,18,19)(H2,16,17,20)/t13-/m0/s1. The summed E-state index contributed by atoms with van der Waals surface area (Å²) in [7, 11) is 0. The number of carbonyl (C=O) groups is 2. The van der Waals surface area contributed by atoms with E-state index in [0.717, 1.165) is 17.9 Å². The average molecular weight is 276 g/mol. The van der Waals surface area contributed by atoms with Crippen LogP contribution in [0.5, 0.6) is 0 Å². The summed E-state index contributed by atoms with van der Waals surface area (Å²) in [4.78, 5) is 22.9. The third-order valence-electron chi connectivity index (χ3n) is 3.42. The van der Waals surface area contributed by atoms with Crippen LogP contribution in [0.4, 0.5) is 4.79 Å². The quantitative estimate of drug-likeness (QED) is 0.710. The van der Waals surface area contributed by atoms with E-state index in [-0.39, 0.29) is 6.42 Å². The molecule has 0 aromatic heterocycles. The van der Waals surface area contributed by atoms with Crippen molar-refractivity contribution in [3.63, 3.8) is 0 Å². The summed E-state index contributed by atoms with van der Waals surface area (Å²) in [6.45, 7) is 0.605.